The summed E-state index contributed by atoms with van der Waals surface area (Å²) in [7, 11) is 1.61. The number of hydrogen-bond acceptors (Lipinski definition) is 3. The Kier molecular flexibility index (Phi) is 4.36. The fourth-order valence-electron chi connectivity index (χ4n) is 1.83. The lowest BCUT2D eigenvalue weighted by molar-refractivity contribution is 0.293. The van der Waals surface area contributed by atoms with Crippen molar-refractivity contribution < 1.29 is 13.9 Å². The molecule has 0 atom stereocenters. The van der Waals surface area contributed by atoms with Gasteiger partial charge in [0.15, 0.2) is 0 Å². The Morgan fingerprint density at radius 3 is 2.58 bits per heavy atom. The topological polar surface area (TPSA) is 44.5 Å². The van der Waals surface area contributed by atoms with Crippen molar-refractivity contribution in [3.8, 4) is 11.5 Å². The number of nitrogens with two attached hydrogens (primary N) is 1. The Hall–Kier alpha value is -2.07. The van der Waals surface area contributed by atoms with E-state index >= 15 is 0 Å². The molecule has 19 heavy (non-hydrogen) atoms. The highest BCUT2D eigenvalue weighted by atomic mass is 19.1. The second kappa shape index (κ2) is 6.20. The van der Waals surface area contributed by atoms with E-state index in [4.69, 9.17) is 15.2 Å². The summed E-state index contributed by atoms with van der Waals surface area (Å²) in [6.45, 7) is 0.585. The highest BCUT2D eigenvalue weighted by molar-refractivity contribution is 5.36. The highest BCUT2D eigenvalue weighted by Gasteiger charge is 2.06. The molecule has 0 saturated carbocycles. The largest absolute Gasteiger partial charge is 0.496 e. The van der Waals surface area contributed by atoms with Gasteiger partial charge in [0.25, 0.3) is 0 Å². The number of methoxy groups -OCH3 is 1. The van der Waals surface area contributed by atoms with Gasteiger partial charge in [0.05, 0.1) is 7.11 Å². The molecule has 0 heterocycles. The van der Waals surface area contributed by atoms with Gasteiger partial charge in [-0.3, -0.25) is 0 Å². The first kappa shape index (κ1) is 13.4. The lowest BCUT2D eigenvalue weighted by Gasteiger charge is -2.12. The highest BCUT2D eigenvalue weighted by Crippen LogP contribution is 2.23. The van der Waals surface area contributed by atoms with Crippen LogP contribution in [0, 0.1) is 5.82 Å². The third-order valence-corrected chi connectivity index (χ3v) is 2.82. The van der Waals surface area contributed by atoms with E-state index in [-0.39, 0.29) is 12.4 Å². The average molecular weight is 261 g/mol. The monoisotopic (exact) mass is 261 g/mol. The molecule has 0 aromatic heterocycles. The minimum atomic E-state index is -0.315. The van der Waals surface area contributed by atoms with Crippen molar-refractivity contribution in [3.05, 3.63) is 59.4 Å². The predicted molar refractivity (Wildman–Crippen MR) is 71.6 cm³/mol. The van der Waals surface area contributed by atoms with Crippen LogP contribution in [-0.2, 0) is 13.2 Å². The first-order chi connectivity index (χ1) is 9.24. The zero-order chi connectivity index (χ0) is 13.7. The molecule has 0 spiro atoms. The summed E-state index contributed by atoms with van der Waals surface area (Å²) < 4.78 is 24.0. The molecular formula is C15H16FNO2. The number of rotatable bonds is 5. The molecule has 2 N–H and O–H groups in total. The van der Waals surface area contributed by atoms with Crippen LogP contribution in [-0.4, -0.2) is 7.11 Å². The van der Waals surface area contributed by atoms with E-state index in [1.54, 1.807) is 13.2 Å². The van der Waals surface area contributed by atoms with Crippen molar-refractivity contribution in [2.24, 2.45) is 5.73 Å². The normalized spacial score (nSPS) is 10.3. The molecule has 0 unspecified atom stereocenters. The fraction of sp³-hybridized carbons (Fsp3) is 0.200. The van der Waals surface area contributed by atoms with E-state index in [0.29, 0.717) is 17.9 Å². The average Bonchev–Trinajstić information content (AvgIpc) is 2.46. The number of ether oxygens (including phenoxy) is 2. The van der Waals surface area contributed by atoms with Gasteiger partial charge in [0.1, 0.15) is 23.9 Å². The second-order valence-electron chi connectivity index (χ2n) is 4.06. The lowest BCUT2D eigenvalue weighted by Crippen LogP contribution is -2.04. The minimum Gasteiger partial charge on any atom is -0.496 e. The molecular weight excluding hydrogens is 245 g/mol. The summed E-state index contributed by atoms with van der Waals surface area (Å²) in [6, 6.07) is 11.9. The number of para-hydroxylation sites is 1. The standard InChI is InChI=1S/C15H16FNO2/c1-18-14-5-3-2-4-11(14)10-19-15-7-6-13(16)8-12(15)9-17/h2-8H,9-10,17H2,1H3. The van der Waals surface area contributed by atoms with E-state index in [1.807, 2.05) is 24.3 Å². The predicted octanol–water partition coefficient (Wildman–Crippen LogP) is 2.87. The van der Waals surface area contributed by atoms with Crippen molar-refractivity contribution in [2.75, 3.05) is 7.11 Å². The maximum Gasteiger partial charge on any atom is 0.125 e. The SMILES string of the molecule is COc1ccccc1COc1ccc(F)cc1CN. The molecule has 0 fully saturated rings. The van der Waals surface area contributed by atoms with Crippen LogP contribution >= 0.6 is 0 Å². The van der Waals surface area contributed by atoms with Crippen LogP contribution in [0.5, 0.6) is 11.5 Å². The summed E-state index contributed by atoms with van der Waals surface area (Å²) >= 11 is 0. The van der Waals surface area contributed by atoms with Gasteiger partial charge in [-0.05, 0) is 24.3 Å². The van der Waals surface area contributed by atoms with Crippen LogP contribution in [0.15, 0.2) is 42.5 Å². The van der Waals surface area contributed by atoms with Crippen LogP contribution < -0.4 is 15.2 Å². The number of benzene rings is 2. The quantitative estimate of drug-likeness (QED) is 0.900. The van der Waals surface area contributed by atoms with E-state index in [9.17, 15) is 4.39 Å². The Bertz CT molecular complexity index is 558. The second-order valence-corrected chi connectivity index (χ2v) is 4.06. The molecule has 0 radical (unpaired) electrons. The van der Waals surface area contributed by atoms with Crippen LogP contribution in [0.4, 0.5) is 4.39 Å². The van der Waals surface area contributed by atoms with Gasteiger partial charge in [-0.15, -0.1) is 0 Å². The molecule has 0 aliphatic heterocycles. The maximum atomic E-state index is 13.1. The Labute approximate surface area is 111 Å². The summed E-state index contributed by atoms with van der Waals surface area (Å²) in [5.74, 6) is 1.04. The molecule has 3 nitrogen and oxygen atoms in total. The molecule has 0 bridgehead atoms. The lowest BCUT2D eigenvalue weighted by atomic mass is 10.2. The van der Waals surface area contributed by atoms with Crippen molar-refractivity contribution in [1.82, 2.24) is 0 Å². The van der Waals surface area contributed by atoms with Crippen LogP contribution in [0.3, 0.4) is 0 Å². The van der Waals surface area contributed by atoms with Crippen LogP contribution in [0.1, 0.15) is 11.1 Å². The Morgan fingerprint density at radius 2 is 1.84 bits per heavy atom. The first-order valence-electron chi connectivity index (χ1n) is 5.97. The molecule has 2 rings (SSSR count). The van der Waals surface area contributed by atoms with Gasteiger partial charge in [-0.1, -0.05) is 18.2 Å². The van der Waals surface area contributed by atoms with E-state index in [0.717, 1.165) is 11.3 Å². The Morgan fingerprint density at radius 1 is 1.05 bits per heavy atom. The Balaban J connectivity index is 2.14. The zero-order valence-electron chi connectivity index (χ0n) is 10.7. The van der Waals surface area contributed by atoms with Crippen molar-refractivity contribution in [3.63, 3.8) is 0 Å². The molecule has 2 aromatic carbocycles. The van der Waals surface area contributed by atoms with Crippen molar-refractivity contribution in [1.29, 1.82) is 0 Å². The number of hydrogen-bond donors (Lipinski definition) is 1. The van der Waals surface area contributed by atoms with Crippen LogP contribution in [0.25, 0.3) is 0 Å². The molecule has 0 amide bonds. The summed E-state index contributed by atoms with van der Waals surface area (Å²) in [6.07, 6.45) is 0. The molecule has 0 aliphatic rings. The van der Waals surface area contributed by atoms with Crippen molar-refractivity contribution in [2.45, 2.75) is 13.2 Å². The van der Waals surface area contributed by atoms with E-state index < -0.39 is 0 Å². The van der Waals surface area contributed by atoms with Gasteiger partial charge >= 0.3 is 0 Å². The third-order valence-electron chi connectivity index (χ3n) is 2.82. The van der Waals surface area contributed by atoms with Crippen molar-refractivity contribution >= 4 is 0 Å². The summed E-state index contributed by atoms with van der Waals surface area (Å²) in [4.78, 5) is 0. The maximum absolute atomic E-state index is 13.1. The summed E-state index contributed by atoms with van der Waals surface area (Å²) in [5, 5.41) is 0. The van der Waals surface area contributed by atoms with Gasteiger partial charge in [0, 0.05) is 17.7 Å². The van der Waals surface area contributed by atoms with Gasteiger partial charge in [-0.25, -0.2) is 4.39 Å². The molecule has 0 aliphatic carbocycles. The molecule has 100 valence electrons. The minimum absolute atomic E-state index is 0.235. The zero-order valence-corrected chi connectivity index (χ0v) is 10.7. The van der Waals surface area contributed by atoms with Gasteiger partial charge in [0.2, 0.25) is 0 Å². The number of halogens is 1. The molecule has 0 saturated heterocycles. The fourth-order valence-corrected chi connectivity index (χ4v) is 1.83. The molecule has 4 heteroatoms. The first-order valence-corrected chi connectivity index (χ1v) is 5.97. The molecule has 2 aromatic rings. The van der Waals surface area contributed by atoms with E-state index in [2.05, 4.69) is 0 Å². The third kappa shape index (κ3) is 3.23. The summed E-state index contributed by atoms with van der Waals surface area (Å²) in [5.41, 5.74) is 7.15. The van der Waals surface area contributed by atoms with E-state index in [1.165, 1.54) is 12.1 Å². The van der Waals surface area contributed by atoms with Gasteiger partial charge < -0.3 is 15.2 Å². The van der Waals surface area contributed by atoms with Gasteiger partial charge in [-0.2, -0.15) is 0 Å². The smallest absolute Gasteiger partial charge is 0.125 e. The van der Waals surface area contributed by atoms with Crippen LogP contribution in [0.2, 0.25) is 0 Å².